The highest BCUT2D eigenvalue weighted by Crippen LogP contribution is 2.31. The van der Waals surface area contributed by atoms with Crippen LogP contribution in [0.5, 0.6) is 0 Å². The van der Waals surface area contributed by atoms with Crippen LogP contribution in [0.1, 0.15) is 17.5 Å². The predicted octanol–water partition coefficient (Wildman–Crippen LogP) is 4.55. The molecule has 0 bridgehead atoms. The highest BCUT2D eigenvalue weighted by Gasteiger charge is 2.18. The Balaban J connectivity index is 2.07. The van der Waals surface area contributed by atoms with Crippen LogP contribution in [0, 0.1) is 0 Å². The first-order valence-corrected chi connectivity index (χ1v) is 7.33. The summed E-state index contributed by atoms with van der Waals surface area (Å²) in [6.07, 6.45) is 1.77. The van der Waals surface area contributed by atoms with Gasteiger partial charge in [0, 0.05) is 16.1 Å². The molecule has 1 atom stereocenters. The van der Waals surface area contributed by atoms with Gasteiger partial charge in [0.15, 0.2) is 5.58 Å². The third-order valence-electron chi connectivity index (χ3n) is 3.13. The van der Waals surface area contributed by atoms with Crippen LogP contribution in [-0.4, -0.2) is 12.0 Å². The Bertz CT molecular complexity index is 739. The summed E-state index contributed by atoms with van der Waals surface area (Å²) in [5, 5.41) is 4.83. The van der Waals surface area contributed by atoms with Crippen LogP contribution in [0.4, 0.5) is 0 Å². The van der Waals surface area contributed by atoms with Gasteiger partial charge in [0.25, 0.3) is 0 Å². The number of furan rings is 1. The molecular formula is C15H12BrClN2O. The summed E-state index contributed by atoms with van der Waals surface area (Å²) in [6.45, 7) is 0. The van der Waals surface area contributed by atoms with Gasteiger partial charge in [-0.15, -0.1) is 0 Å². The van der Waals surface area contributed by atoms with Gasteiger partial charge in [-0.1, -0.05) is 23.7 Å². The molecule has 0 spiro atoms. The number of benzene rings is 1. The Morgan fingerprint density at radius 1 is 1.30 bits per heavy atom. The molecule has 1 aromatic carbocycles. The van der Waals surface area contributed by atoms with Crippen molar-refractivity contribution in [2.24, 2.45) is 0 Å². The summed E-state index contributed by atoms with van der Waals surface area (Å²) in [7, 11) is 1.88. The zero-order valence-electron chi connectivity index (χ0n) is 10.7. The largest absolute Gasteiger partial charge is 0.457 e. The molecule has 0 saturated carbocycles. The highest BCUT2D eigenvalue weighted by molar-refractivity contribution is 9.10. The molecule has 1 unspecified atom stereocenters. The minimum Gasteiger partial charge on any atom is -0.457 e. The van der Waals surface area contributed by atoms with E-state index in [1.165, 1.54) is 0 Å². The molecule has 0 aliphatic carbocycles. The first-order chi connectivity index (χ1) is 9.69. The van der Waals surface area contributed by atoms with Gasteiger partial charge in [0.2, 0.25) is 0 Å². The topological polar surface area (TPSA) is 38.1 Å². The van der Waals surface area contributed by atoms with Gasteiger partial charge in [-0.25, -0.2) is 0 Å². The molecule has 3 rings (SSSR count). The average molecular weight is 352 g/mol. The second-order valence-corrected chi connectivity index (χ2v) is 5.75. The summed E-state index contributed by atoms with van der Waals surface area (Å²) in [5.41, 5.74) is 1.60. The van der Waals surface area contributed by atoms with Crippen molar-refractivity contribution in [2.45, 2.75) is 6.04 Å². The maximum Gasteiger partial charge on any atom is 0.152 e. The van der Waals surface area contributed by atoms with E-state index in [0.29, 0.717) is 10.6 Å². The average Bonchev–Trinajstić information content (AvgIpc) is 2.87. The molecule has 0 aliphatic rings. The molecule has 20 heavy (non-hydrogen) atoms. The first kappa shape index (κ1) is 13.6. The van der Waals surface area contributed by atoms with Crippen LogP contribution >= 0.6 is 27.5 Å². The number of rotatable bonds is 3. The van der Waals surface area contributed by atoms with Crippen LogP contribution in [0.2, 0.25) is 5.02 Å². The van der Waals surface area contributed by atoms with Gasteiger partial charge in [0.05, 0.1) is 10.7 Å². The molecular weight excluding hydrogens is 340 g/mol. The summed E-state index contributed by atoms with van der Waals surface area (Å²) in [5.74, 6) is 0.797. The molecule has 3 aromatic rings. The Hall–Kier alpha value is -1.36. The lowest BCUT2D eigenvalue weighted by Crippen LogP contribution is -2.18. The van der Waals surface area contributed by atoms with Crippen molar-refractivity contribution in [3.63, 3.8) is 0 Å². The van der Waals surface area contributed by atoms with E-state index in [1.807, 2.05) is 43.4 Å². The lowest BCUT2D eigenvalue weighted by Gasteiger charge is -2.12. The molecule has 0 radical (unpaired) electrons. The smallest absolute Gasteiger partial charge is 0.152 e. The van der Waals surface area contributed by atoms with Gasteiger partial charge < -0.3 is 9.73 Å². The lowest BCUT2D eigenvalue weighted by atomic mass is 10.1. The number of nitrogens with one attached hydrogen (secondary N) is 1. The fourth-order valence-corrected chi connectivity index (χ4v) is 2.64. The van der Waals surface area contributed by atoms with Gasteiger partial charge in [-0.05, 0) is 47.2 Å². The van der Waals surface area contributed by atoms with Gasteiger partial charge >= 0.3 is 0 Å². The molecule has 0 saturated heterocycles. The molecule has 0 fully saturated rings. The monoisotopic (exact) mass is 350 g/mol. The normalized spacial score (nSPS) is 12.8. The molecule has 5 heteroatoms. The zero-order valence-corrected chi connectivity index (χ0v) is 13.1. The second kappa shape index (κ2) is 5.56. The predicted molar refractivity (Wildman–Crippen MR) is 84.1 cm³/mol. The third kappa shape index (κ3) is 2.46. The van der Waals surface area contributed by atoms with Gasteiger partial charge in [-0.2, -0.15) is 0 Å². The van der Waals surface area contributed by atoms with E-state index >= 15 is 0 Å². The number of hydrogen-bond acceptors (Lipinski definition) is 3. The molecule has 2 heterocycles. The number of nitrogens with zero attached hydrogens (tertiary/aromatic N) is 1. The van der Waals surface area contributed by atoms with E-state index in [4.69, 9.17) is 16.0 Å². The Morgan fingerprint density at radius 2 is 2.15 bits per heavy atom. The minimum atomic E-state index is -0.105. The van der Waals surface area contributed by atoms with Crippen molar-refractivity contribution in [1.29, 1.82) is 0 Å². The van der Waals surface area contributed by atoms with Crippen LogP contribution < -0.4 is 5.32 Å². The molecule has 1 N–H and O–H groups in total. The van der Waals surface area contributed by atoms with Crippen molar-refractivity contribution in [2.75, 3.05) is 7.05 Å². The van der Waals surface area contributed by atoms with E-state index in [2.05, 4.69) is 26.2 Å². The standard InChI is InChI=1S/C15H12BrClN2O/c1-18-14(12-6-5-10(16)8-19-12)13-7-9-3-2-4-11(17)15(9)20-13/h2-8,14,18H,1H3. The van der Waals surface area contributed by atoms with Crippen molar-refractivity contribution in [3.05, 3.63) is 63.5 Å². The fraction of sp³-hybridized carbons (Fsp3) is 0.133. The number of halogens is 2. The number of hydrogen-bond donors (Lipinski definition) is 1. The van der Waals surface area contributed by atoms with Crippen molar-refractivity contribution in [1.82, 2.24) is 10.3 Å². The van der Waals surface area contributed by atoms with Crippen LogP contribution in [-0.2, 0) is 0 Å². The second-order valence-electron chi connectivity index (χ2n) is 4.43. The minimum absolute atomic E-state index is 0.105. The molecule has 2 aromatic heterocycles. The third-order valence-corrected chi connectivity index (χ3v) is 3.90. The van der Waals surface area contributed by atoms with Crippen molar-refractivity contribution in [3.8, 4) is 0 Å². The van der Waals surface area contributed by atoms with Gasteiger partial charge in [0.1, 0.15) is 11.8 Å². The van der Waals surface area contributed by atoms with E-state index in [0.717, 1.165) is 21.3 Å². The highest BCUT2D eigenvalue weighted by atomic mass is 79.9. The maximum absolute atomic E-state index is 6.15. The molecule has 102 valence electrons. The van der Waals surface area contributed by atoms with Crippen LogP contribution in [0.3, 0.4) is 0 Å². The maximum atomic E-state index is 6.15. The van der Waals surface area contributed by atoms with E-state index in [9.17, 15) is 0 Å². The quantitative estimate of drug-likeness (QED) is 0.752. The Labute approximate surface area is 130 Å². The summed E-state index contributed by atoms with van der Waals surface area (Å²) in [6, 6.07) is 11.5. The lowest BCUT2D eigenvalue weighted by molar-refractivity contribution is 0.486. The van der Waals surface area contributed by atoms with Gasteiger partial charge in [-0.3, -0.25) is 4.98 Å². The number of para-hydroxylation sites is 1. The number of pyridine rings is 1. The number of aromatic nitrogens is 1. The first-order valence-electron chi connectivity index (χ1n) is 6.15. The molecule has 0 amide bonds. The SMILES string of the molecule is CNC(c1ccc(Br)cn1)c1cc2cccc(Cl)c2o1. The molecule has 0 aliphatic heterocycles. The summed E-state index contributed by atoms with van der Waals surface area (Å²) >= 11 is 9.54. The van der Waals surface area contributed by atoms with E-state index < -0.39 is 0 Å². The Morgan fingerprint density at radius 3 is 2.80 bits per heavy atom. The Kier molecular flexibility index (Phi) is 3.78. The van der Waals surface area contributed by atoms with E-state index in [-0.39, 0.29) is 6.04 Å². The number of fused-ring (bicyclic) bond motifs is 1. The van der Waals surface area contributed by atoms with Crippen molar-refractivity contribution >= 4 is 38.5 Å². The van der Waals surface area contributed by atoms with Crippen LogP contribution in [0.25, 0.3) is 11.0 Å². The zero-order chi connectivity index (χ0) is 14.1. The van der Waals surface area contributed by atoms with Crippen molar-refractivity contribution < 1.29 is 4.42 Å². The molecule has 3 nitrogen and oxygen atoms in total. The fourth-order valence-electron chi connectivity index (χ4n) is 2.18. The van der Waals surface area contributed by atoms with E-state index in [1.54, 1.807) is 6.20 Å². The summed E-state index contributed by atoms with van der Waals surface area (Å²) in [4.78, 5) is 4.42. The van der Waals surface area contributed by atoms with Crippen LogP contribution in [0.15, 0.2) is 51.5 Å². The summed E-state index contributed by atoms with van der Waals surface area (Å²) < 4.78 is 6.84.